The molecule has 2 fully saturated rings. The minimum atomic E-state index is -1.35. The molecule has 8 atom stereocenters. The van der Waals surface area contributed by atoms with Crippen LogP contribution in [-0.4, -0.2) is 52.4 Å². The van der Waals surface area contributed by atoms with E-state index in [9.17, 15) is 24.3 Å². The molecule has 2 aliphatic carbocycles. The number of esters is 3. The van der Waals surface area contributed by atoms with Crippen LogP contribution in [0, 0.1) is 28.6 Å². The lowest BCUT2D eigenvalue weighted by Crippen LogP contribution is -2.71. The van der Waals surface area contributed by atoms with E-state index in [4.69, 9.17) is 23.4 Å². The molecule has 1 aliphatic heterocycles. The quantitative estimate of drug-likeness (QED) is 0.366. The van der Waals surface area contributed by atoms with Gasteiger partial charge in [-0.25, -0.2) is 4.79 Å². The molecule has 11 heteroatoms. The van der Waals surface area contributed by atoms with Gasteiger partial charge in [0.25, 0.3) is 0 Å². The molecule has 0 aromatic carbocycles. The number of hydrogen-bond acceptors (Lipinski definition) is 11. The van der Waals surface area contributed by atoms with E-state index in [-0.39, 0.29) is 30.1 Å². The van der Waals surface area contributed by atoms with Crippen LogP contribution in [-0.2, 0) is 28.6 Å². The fourth-order valence-electron chi connectivity index (χ4n) is 8.11. The summed E-state index contributed by atoms with van der Waals surface area (Å²) in [6.45, 7) is 11.8. The second-order valence-corrected chi connectivity index (χ2v) is 13.4. The molecule has 11 nitrogen and oxygen atoms in total. The molecular weight excluding hydrogens is 570 g/mol. The number of pyridine rings is 1. The first kappa shape index (κ1) is 31.7. The van der Waals surface area contributed by atoms with Gasteiger partial charge in [0.1, 0.15) is 41.5 Å². The molecule has 238 valence electrons. The molecule has 3 aliphatic rings. The highest BCUT2D eigenvalue weighted by atomic mass is 16.6. The van der Waals surface area contributed by atoms with Gasteiger partial charge in [-0.15, -0.1) is 0 Å². The van der Waals surface area contributed by atoms with E-state index in [1.807, 2.05) is 20.8 Å². The Morgan fingerprint density at radius 2 is 1.84 bits per heavy atom. The summed E-state index contributed by atoms with van der Waals surface area (Å²) >= 11 is 0. The number of aromatic nitrogens is 1. The summed E-state index contributed by atoms with van der Waals surface area (Å²) in [5.41, 5.74) is -3.12. The van der Waals surface area contributed by atoms with Gasteiger partial charge in [-0.1, -0.05) is 27.7 Å². The van der Waals surface area contributed by atoms with E-state index in [2.05, 4.69) is 4.98 Å². The molecule has 3 heterocycles. The minimum Gasteiger partial charge on any atom is -0.482 e. The number of carbonyl (C=O) groups excluding carboxylic acids is 3. The second-order valence-electron chi connectivity index (χ2n) is 13.4. The molecular formula is C33H41NO10. The molecule has 2 aromatic heterocycles. The number of hydrogen-bond donors (Lipinski definition) is 1. The van der Waals surface area contributed by atoms with Crippen molar-refractivity contribution in [1.82, 2.24) is 4.98 Å². The first-order valence-electron chi connectivity index (χ1n) is 15.1. The van der Waals surface area contributed by atoms with Crippen molar-refractivity contribution in [3.05, 3.63) is 46.6 Å². The summed E-state index contributed by atoms with van der Waals surface area (Å²) in [4.78, 5) is 54.9. The minimum absolute atomic E-state index is 0.0141. The van der Waals surface area contributed by atoms with Crippen LogP contribution in [0.15, 0.2) is 39.8 Å². The van der Waals surface area contributed by atoms with Crippen molar-refractivity contribution in [3.63, 3.8) is 0 Å². The number of fused-ring (bicyclic) bond motifs is 4. The number of ether oxygens (including phenoxy) is 4. The fraction of sp³-hybridized carbons (Fsp3) is 0.606. The Bertz CT molecular complexity index is 1500. The average Bonchev–Trinajstić information content (AvgIpc) is 2.94. The Balaban J connectivity index is 1.68. The van der Waals surface area contributed by atoms with Crippen LogP contribution in [0.25, 0.3) is 11.3 Å². The van der Waals surface area contributed by atoms with Gasteiger partial charge in [-0.05, 0) is 49.7 Å². The molecule has 3 unspecified atom stereocenters. The van der Waals surface area contributed by atoms with Crippen molar-refractivity contribution in [3.8, 4) is 17.1 Å². The third-order valence-corrected chi connectivity index (χ3v) is 10.2. The zero-order valence-corrected chi connectivity index (χ0v) is 26.2. The van der Waals surface area contributed by atoms with Crippen LogP contribution in [0.3, 0.4) is 0 Å². The van der Waals surface area contributed by atoms with Crippen molar-refractivity contribution in [2.75, 3.05) is 6.61 Å². The maximum absolute atomic E-state index is 13.5. The van der Waals surface area contributed by atoms with E-state index in [0.717, 1.165) is 0 Å². The molecule has 2 aromatic rings. The third kappa shape index (κ3) is 5.18. The first-order valence-corrected chi connectivity index (χ1v) is 15.1. The maximum atomic E-state index is 13.5. The van der Waals surface area contributed by atoms with Gasteiger partial charge in [0.2, 0.25) is 0 Å². The largest absolute Gasteiger partial charge is 0.482 e. The highest BCUT2D eigenvalue weighted by Crippen LogP contribution is 2.67. The molecule has 0 spiro atoms. The van der Waals surface area contributed by atoms with Crippen molar-refractivity contribution in [2.45, 2.75) is 91.6 Å². The third-order valence-electron chi connectivity index (χ3n) is 10.2. The van der Waals surface area contributed by atoms with Crippen LogP contribution < -0.4 is 10.4 Å². The summed E-state index contributed by atoms with van der Waals surface area (Å²) in [7, 11) is 0. The Morgan fingerprint density at radius 1 is 1.11 bits per heavy atom. The number of nitrogens with zero attached hydrogens (tertiary/aromatic N) is 1. The monoisotopic (exact) mass is 611 g/mol. The zero-order chi connectivity index (χ0) is 32.2. The van der Waals surface area contributed by atoms with Gasteiger partial charge in [0.15, 0.2) is 0 Å². The van der Waals surface area contributed by atoms with E-state index in [1.165, 1.54) is 13.8 Å². The standard InChI is InChI=1S/C33H41NO10/c1-17(2)29(38)43-25-14-23-31(5,11-10-24(41-19(4)36)32(23,6)16-40-18(3)35)28-27(37)26-22(44-33(25,28)7)13-21(42-30(26)39)20-9-8-12-34-15-20/h8-9,12-13,15,17,23-25,27-28,37H,10-11,14,16H2,1-7H3/t23?,24-,25-,27?,28?,31-,32-,33+/m0/s1. The predicted octanol–water partition coefficient (Wildman–Crippen LogP) is 4.39. The van der Waals surface area contributed by atoms with Crippen molar-refractivity contribution in [1.29, 1.82) is 0 Å². The van der Waals surface area contributed by atoms with Gasteiger partial charge in [-0.2, -0.15) is 0 Å². The molecule has 44 heavy (non-hydrogen) atoms. The smallest absolute Gasteiger partial charge is 0.345 e. The predicted molar refractivity (Wildman–Crippen MR) is 156 cm³/mol. The number of rotatable bonds is 6. The fourth-order valence-corrected chi connectivity index (χ4v) is 8.11. The van der Waals surface area contributed by atoms with Crippen molar-refractivity contribution >= 4 is 17.9 Å². The van der Waals surface area contributed by atoms with Crippen LogP contribution in [0.2, 0.25) is 0 Å². The van der Waals surface area contributed by atoms with E-state index >= 15 is 0 Å². The molecule has 0 amide bonds. The summed E-state index contributed by atoms with van der Waals surface area (Å²) in [6, 6.07) is 5.02. The summed E-state index contributed by atoms with van der Waals surface area (Å²) in [6.07, 6.45) is 1.51. The van der Waals surface area contributed by atoms with Gasteiger partial charge >= 0.3 is 23.5 Å². The second kappa shape index (κ2) is 11.3. The van der Waals surface area contributed by atoms with E-state index in [1.54, 1.807) is 44.4 Å². The first-order chi connectivity index (χ1) is 20.6. The number of aliphatic hydroxyl groups is 1. The Morgan fingerprint density at radius 3 is 2.45 bits per heavy atom. The average molecular weight is 612 g/mol. The van der Waals surface area contributed by atoms with Crippen LogP contribution in [0.4, 0.5) is 0 Å². The Hall–Kier alpha value is -3.73. The Kier molecular flexibility index (Phi) is 8.15. The Labute approximate surface area is 256 Å². The highest BCUT2D eigenvalue weighted by Gasteiger charge is 2.71. The van der Waals surface area contributed by atoms with Gasteiger partial charge in [0, 0.05) is 49.2 Å². The highest BCUT2D eigenvalue weighted by molar-refractivity contribution is 5.72. The lowest BCUT2D eigenvalue weighted by atomic mass is 9.42. The number of carbonyl (C=O) groups is 3. The normalized spacial score (nSPS) is 34.1. The lowest BCUT2D eigenvalue weighted by molar-refractivity contribution is -0.271. The maximum Gasteiger partial charge on any atom is 0.345 e. The van der Waals surface area contributed by atoms with Crippen molar-refractivity contribution < 1.29 is 42.9 Å². The van der Waals surface area contributed by atoms with E-state index in [0.29, 0.717) is 18.4 Å². The van der Waals surface area contributed by atoms with E-state index < -0.39 is 76.0 Å². The van der Waals surface area contributed by atoms with Crippen LogP contribution >= 0.6 is 0 Å². The molecule has 0 radical (unpaired) electrons. The molecule has 0 saturated heterocycles. The molecule has 5 rings (SSSR count). The number of aliphatic hydroxyl groups excluding tert-OH is 1. The van der Waals surface area contributed by atoms with Crippen LogP contribution in [0.1, 0.15) is 79.4 Å². The summed E-state index contributed by atoms with van der Waals surface area (Å²) < 4.78 is 29.9. The van der Waals surface area contributed by atoms with Gasteiger partial charge < -0.3 is 28.5 Å². The summed E-state index contributed by atoms with van der Waals surface area (Å²) in [5.74, 6) is -2.61. The molecule has 2 saturated carbocycles. The zero-order valence-electron chi connectivity index (χ0n) is 26.2. The topological polar surface area (TPSA) is 151 Å². The molecule has 0 bridgehead atoms. The molecule has 1 N–H and O–H groups in total. The summed E-state index contributed by atoms with van der Waals surface area (Å²) in [5, 5.41) is 12.2. The van der Waals surface area contributed by atoms with Crippen LogP contribution in [0.5, 0.6) is 5.75 Å². The SMILES string of the molecule is CC(=O)OC[C@@]1(C)C2C[C@H](OC(=O)C(C)C)[C@@]3(C)Oc4cc(-c5cccnc5)oc(=O)c4C(O)C3[C@@]2(C)CC[C@@H]1OC(C)=O. The van der Waals surface area contributed by atoms with Crippen molar-refractivity contribution in [2.24, 2.45) is 28.6 Å². The van der Waals surface area contributed by atoms with Gasteiger partial charge in [-0.3, -0.25) is 19.4 Å². The van der Waals surface area contributed by atoms with Gasteiger partial charge in [0.05, 0.1) is 12.0 Å². The lowest BCUT2D eigenvalue weighted by Gasteiger charge is -2.66.